The first-order chi connectivity index (χ1) is 28.9. The molecule has 0 radical (unpaired) electrons. The molecular weight excluding hydrogens is 727 g/mol. The molecule has 6 aromatic carbocycles. The molecule has 0 spiro atoms. The summed E-state index contributed by atoms with van der Waals surface area (Å²) in [5.74, 6) is 2.71. The number of morpholine rings is 1. The lowest BCUT2D eigenvalue weighted by Gasteiger charge is -2.40. The Morgan fingerprint density at radius 1 is 0.695 bits per heavy atom. The highest BCUT2D eigenvalue weighted by Gasteiger charge is 2.48. The van der Waals surface area contributed by atoms with Gasteiger partial charge in [0.1, 0.15) is 17.2 Å². The zero-order valence-electron chi connectivity index (χ0n) is 35.4. The first-order valence-corrected chi connectivity index (χ1v) is 21.9. The summed E-state index contributed by atoms with van der Waals surface area (Å²) in [6.07, 6.45) is 11.1. The second-order valence-electron chi connectivity index (χ2n) is 16.7. The number of fused-ring (bicyclic) bond motifs is 8. The van der Waals surface area contributed by atoms with Crippen LogP contribution in [0.3, 0.4) is 0 Å². The average molecular weight is 784 g/mol. The minimum absolute atomic E-state index is 0.177. The van der Waals surface area contributed by atoms with Gasteiger partial charge in [0.15, 0.2) is 5.60 Å². The van der Waals surface area contributed by atoms with Crippen LogP contribution in [-0.4, -0.2) is 40.0 Å². The molecule has 1 atom stereocenters. The highest BCUT2D eigenvalue weighted by molar-refractivity contribution is 6.09. The highest BCUT2D eigenvalue weighted by atomic mass is 16.5. The number of rotatable bonds is 13. The van der Waals surface area contributed by atoms with Crippen LogP contribution >= 0.6 is 0 Å². The maximum atomic E-state index is 7.78. The van der Waals surface area contributed by atoms with Gasteiger partial charge in [0.25, 0.3) is 0 Å². The standard InChI is InChI=1S/C54H57NO4/c1-6-9-32-58-44-22-16-41(17-23-44)54(40-14-18-42(19-15-40)55-30-33-57-34-31-55)29-26-47-51-50(48-35-37(4)10-24-45(48)52(47)59-54)46-25-13-39(38-11-20-43(56-5)21-12-38)36-49(46)53(51,27-7-2)28-8-3/h10-26,29,35-36H,6-9,27-28,30-34H2,1-5H3. The number of hydrogen-bond donors (Lipinski definition) is 0. The Labute approximate surface area is 350 Å². The zero-order chi connectivity index (χ0) is 40.6. The largest absolute Gasteiger partial charge is 0.497 e. The summed E-state index contributed by atoms with van der Waals surface area (Å²) in [5, 5.41) is 2.41. The molecule has 1 saturated heterocycles. The molecule has 1 aliphatic carbocycles. The summed E-state index contributed by atoms with van der Waals surface area (Å²) in [5.41, 5.74) is 12.8. The highest BCUT2D eigenvalue weighted by Crippen LogP contribution is 2.61. The van der Waals surface area contributed by atoms with Gasteiger partial charge < -0.3 is 23.8 Å². The Hall–Kier alpha value is -5.52. The third kappa shape index (κ3) is 6.78. The van der Waals surface area contributed by atoms with Gasteiger partial charge in [-0.3, -0.25) is 0 Å². The van der Waals surface area contributed by atoms with Crippen LogP contribution in [-0.2, 0) is 15.8 Å². The van der Waals surface area contributed by atoms with E-state index in [-0.39, 0.29) is 5.41 Å². The summed E-state index contributed by atoms with van der Waals surface area (Å²) in [6, 6.07) is 40.3. The van der Waals surface area contributed by atoms with E-state index in [9.17, 15) is 0 Å². The summed E-state index contributed by atoms with van der Waals surface area (Å²) in [6.45, 7) is 13.1. The van der Waals surface area contributed by atoms with Gasteiger partial charge in [-0.05, 0) is 113 Å². The Bertz CT molecular complexity index is 2470. The van der Waals surface area contributed by atoms with Crippen LogP contribution in [0.2, 0.25) is 0 Å². The molecule has 0 saturated carbocycles. The maximum absolute atomic E-state index is 7.78. The van der Waals surface area contributed by atoms with Gasteiger partial charge in [0.05, 0.1) is 26.9 Å². The van der Waals surface area contributed by atoms with E-state index in [0.29, 0.717) is 6.61 Å². The molecule has 1 fully saturated rings. The minimum Gasteiger partial charge on any atom is -0.497 e. The van der Waals surface area contributed by atoms with Crippen molar-refractivity contribution in [1.82, 2.24) is 0 Å². The van der Waals surface area contributed by atoms with Gasteiger partial charge >= 0.3 is 0 Å². The van der Waals surface area contributed by atoms with Crippen LogP contribution in [0.5, 0.6) is 17.2 Å². The molecule has 2 heterocycles. The molecule has 9 rings (SSSR count). The van der Waals surface area contributed by atoms with Gasteiger partial charge in [-0.25, -0.2) is 0 Å². The fourth-order valence-electron chi connectivity index (χ4n) is 10.1. The smallest absolute Gasteiger partial charge is 0.178 e. The van der Waals surface area contributed by atoms with E-state index in [0.717, 1.165) is 98.6 Å². The summed E-state index contributed by atoms with van der Waals surface area (Å²) < 4.78 is 25.1. The van der Waals surface area contributed by atoms with Gasteiger partial charge in [-0.15, -0.1) is 0 Å². The molecule has 2 aliphatic heterocycles. The summed E-state index contributed by atoms with van der Waals surface area (Å²) >= 11 is 0. The van der Waals surface area contributed by atoms with Crippen LogP contribution in [0.15, 0.2) is 115 Å². The van der Waals surface area contributed by atoms with Crippen molar-refractivity contribution in [3.05, 3.63) is 149 Å². The van der Waals surface area contributed by atoms with Crippen LogP contribution in [0.4, 0.5) is 5.69 Å². The van der Waals surface area contributed by atoms with E-state index in [4.69, 9.17) is 18.9 Å². The fraction of sp³-hybridized carbons (Fsp3) is 0.333. The topological polar surface area (TPSA) is 40.2 Å². The van der Waals surface area contributed by atoms with Crippen LogP contribution in [0.25, 0.3) is 39.1 Å². The molecule has 302 valence electrons. The number of hydrogen-bond acceptors (Lipinski definition) is 5. The van der Waals surface area contributed by atoms with Crippen molar-refractivity contribution in [2.75, 3.05) is 44.9 Å². The van der Waals surface area contributed by atoms with Crippen molar-refractivity contribution < 1.29 is 18.9 Å². The Kier molecular flexibility index (Phi) is 10.7. The SMILES string of the molecule is CCCCOc1ccc(C2(c3ccc(N4CCOCC4)cc3)C=Cc3c4c(c5cc(C)ccc5c3O2)-c2ccc(-c3ccc(OC)cc3)cc2C4(CCC)CCC)cc1. The third-order valence-corrected chi connectivity index (χ3v) is 13.0. The molecule has 0 bridgehead atoms. The first-order valence-electron chi connectivity index (χ1n) is 21.9. The lowest BCUT2D eigenvalue weighted by molar-refractivity contribution is 0.122. The quantitative estimate of drug-likeness (QED) is 0.109. The second-order valence-corrected chi connectivity index (χ2v) is 16.7. The number of anilines is 1. The summed E-state index contributed by atoms with van der Waals surface area (Å²) in [4.78, 5) is 2.41. The van der Waals surface area contributed by atoms with Gasteiger partial charge in [-0.2, -0.15) is 0 Å². The molecule has 5 nitrogen and oxygen atoms in total. The Morgan fingerprint density at radius 3 is 2.05 bits per heavy atom. The molecule has 59 heavy (non-hydrogen) atoms. The predicted octanol–water partition coefficient (Wildman–Crippen LogP) is 13.1. The average Bonchev–Trinajstić information content (AvgIpc) is 3.56. The fourth-order valence-corrected chi connectivity index (χ4v) is 10.1. The molecule has 5 heteroatoms. The zero-order valence-corrected chi connectivity index (χ0v) is 35.4. The van der Waals surface area contributed by atoms with Crippen molar-refractivity contribution >= 4 is 22.5 Å². The molecule has 3 aliphatic rings. The van der Waals surface area contributed by atoms with E-state index in [1.54, 1.807) is 7.11 Å². The minimum atomic E-state index is -0.865. The van der Waals surface area contributed by atoms with E-state index >= 15 is 0 Å². The number of unbranched alkanes of at least 4 members (excludes halogenated alkanes) is 1. The molecule has 0 amide bonds. The van der Waals surface area contributed by atoms with Crippen molar-refractivity contribution in [2.45, 2.75) is 77.2 Å². The molecule has 0 N–H and O–H groups in total. The van der Waals surface area contributed by atoms with Crippen molar-refractivity contribution in [3.63, 3.8) is 0 Å². The number of aryl methyl sites for hydroxylation is 1. The molecular formula is C54H57NO4. The van der Waals surface area contributed by atoms with Gasteiger partial charge in [0.2, 0.25) is 0 Å². The predicted molar refractivity (Wildman–Crippen MR) is 243 cm³/mol. The molecule has 6 aromatic rings. The van der Waals surface area contributed by atoms with E-state index < -0.39 is 5.60 Å². The maximum Gasteiger partial charge on any atom is 0.178 e. The lowest BCUT2D eigenvalue weighted by atomic mass is 9.69. The number of methoxy groups -OCH3 is 1. The van der Waals surface area contributed by atoms with E-state index in [1.807, 2.05) is 0 Å². The van der Waals surface area contributed by atoms with Gasteiger partial charge in [-0.1, -0.05) is 118 Å². The van der Waals surface area contributed by atoms with Crippen molar-refractivity contribution in [3.8, 4) is 39.5 Å². The molecule has 1 unspecified atom stereocenters. The van der Waals surface area contributed by atoms with Gasteiger partial charge in [0, 0.05) is 46.3 Å². The lowest BCUT2D eigenvalue weighted by Crippen LogP contribution is -2.37. The Morgan fingerprint density at radius 2 is 1.37 bits per heavy atom. The second kappa shape index (κ2) is 16.3. The van der Waals surface area contributed by atoms with Crippen molar-refractivity contribution in [2.24, 2.45) is 0 Å². The first kappa shape index (κ1) is 39.0. The number of nitrogens with zero attached hydrogens (tertiary/aromatic N) is 1. The van der Waals surface area contributed by atoms with Crippen molar-refractivity contribution in [1.29, 1.82) is 0 Å². The van der Waals surface area contributed by atoms with E-state index in [1.165, 1.54) is 55.6 Å². The Balaban J connectivity index is 1.25. The van der Waals surface area contributed by atoms with Crippen LogP contribution < -0.4 is 19.1 Å². The molecule has 0 aromatic heterocycles. The van der Waals surface area contributed by atoms with E-state index in [2.05, 4.69) is 154 Å². The third-order valence-electron chi connectivity index (χ3n) is 13.0. The number of benzene rings is 6. The summed E-state index contributed by atoms with van der Waals surface area (Å²) in [7, 11) is 1.73. The number of ether oxygens (including phenoxy) is 4. The van der Waals surface area contributed by atoms with Crippen LogP contribution in [0, 0.1) is 6.92 Å². The normalized spacial score (nSPS) is 17.6. The monoisotopic (exact) mass is 783 g/mol. The van der Waals surface area contributed by atoms with Crippen LogP contribution in [0.1, 0.15) is 92.7 Å².